The molecule has 1 fully saturated rings. The van der Waals surface area contributed by atoms with Gasteiger partial charge in [0.2, 0.25) is 6.79 Å². The number of nitrogens with zero attached hydrogens (tertiary/aromatic N) is 2. The summed E-state index contributed by atoms with van der Waals surface area (Å²) in [6, 6.07) is 8.47. The summed E-state index contributed by atoms with van der Waals surface area (Å²) in [4.78, 5) is 42.3. The van der Waals surface area contributed by atoms with E-state index in [0.717, 1.165) is 5.56 Å². The van der Waals surface area contributed by atoms with Gasteiger partial charge in [-0.15, -0.1) is 0 Å². The van der Waals surface area contributed by atoms with E-state index in [-0.39, 0.29) is 25.8 Å². The fourth-order valence-electron chi connectivity index (χ4n) is 3.14. The zero-order valence-electron chi connectivity index (χ0n) is 16.0. The standard InChI is InChI=1S/C20H20N4O6/c25-18(22-10-13-2-1-5-21-9-13)19(26)23-11-17-24(6-7-28-17)20(27)14-3-4-15-16(8-14)30-12-29-15/h1-5,8-9,17H,6-7,10-12H2,(H,22,25)(H,23,26)/t17-/m0/s1. The second-order valence-corrected chi connectivity index (χ2v) is 6.65. The van der Waals surface area contributed by atoms with Crippen molar-refractivity contribution >= 4 is 17.7 Å². The van der Waals surface area contributed by atoms with E-state index in [1.807, 2.05) is 0 Å². The number of fused-ring (bicyclic) bond motifs is 1. The molecule has 1 saturated heterocycles. The van der Waals surface area contributed by atoms with Gasteiger partial charge in [-0.3, -0.25) is 19.4 Å². The predicted octanol–water partition coefficient (Wildman–Crippen LogP) is 0.0414. The third kappa shape index (κ3) is 4.33. The lowest BCUT2D eigenvalue weighted by Gasteiger charge is -2.23. The normalized spacial score (nSPS) is 16.9. The number of nitrogens with one attached hydrogen (secondary N) is 2. The number of amides is 3. The van der Waals surface area contributed by atoms with Crippen LogP contribution in [0.2, 0.25) is 0 Å². The number of hydrogen-bond acceptors (Lipinski definition) is 7. The summed E-state index contributed by atoms with van der Waals surface area (Å²) >= 11 is 0. The number of benzene rings is 1. The molecule has 0 aliphatic carbocycles. The van der Waals surface area contributed by atoms with Crippen LogP contribution in [0.1, 0.15) is 15.9 Å². The molecule has 0 saturated carbocycles. The van der Waals surface area contributed by atoms with Crippen molar-refractivity contribution < 1.29 is 28.6 Å². The van der Waals surface area contributed by atoms with Gasteiger partial charge in [-0.25, -0.2) is 0 Å². The highest BCUT2D eigenvalue weighted by molar-refractivity contribution is 6.35. The second kappa shape index (κ2) is 8.78. The van der Waals surface area contributed by atoms with Crippen molar-refractivity contribution in [1.82, 2.24) is 20.5 Å². The van der Waals surface area contributed by atoms with Gasteiger partial charge in [-0.05, 0) is 29.8 Å². The lowest BCUT2D eigenvalue weighted by atomic mass is 10.1. The van der Waals surface area contributed by atoms with Crippen molar-refractivity contribution in [2.24, 2.45) is 0 Å². The summed E-state index contributed by atoms with van der Waals surface area (Å²) in [6.07, 6.45) is 2.55. The van der Waals surface area contributed by atoms with E-state index >= 15 is 0 Å². The van der Waals surface area contributed by atoms with Crippen molar-refractivity contribution in [3.63, 3.8) is 0 Å². The number of ether oxygens (including phenoxy) is 3. The van der Waals surface area contributed by atoms with Crippen LogP contribution in [-0.4, -0.2) is 60.3 Å². The topological polar surface area (TPSA) is 119 Å². The molecule has 3 amide bonds. The van der Waals surface area contributed by atoms with Gasteiger partial charge in [0.25, 0.3) is 5.91 Å². The van der Waals surface area contributed by atoms with E-state index in [1.54, 1.807) is 42.7 Å². The van der Waals surface area contributed by atoms with Gasteiger partial charge in [0.1, 0.15) is 6.23 Å². The van der Waals surface area contributed by atoms with Crippen molar-refractivity contribution in [3.05, 3.63) is 53.9 Å². The molecule has 1 aromatic heterocycles. The molecule has 10 nitrogen and oxygen atoms in total. The number of pyridine rings is 1. The van der Waals surface area contributed by atoms with Crippen LogP contribution in [0.5, 0.6) is 11.5 Å². The Labute approximate surface area is 172 Å². The van der Waals surface area contributed by atoms with Crippen LogP contribution < -0.4 is 20.1 Å². The molecule has 2 aliphatic rings. The first-order chi connectivity index (χ1) is 14.6. The first-order valence-electron chi connectivity index (χ1n) is 9.39. The third-order valence-corrected chi connectivity index (χ3v) is 4.69. The van der Waals surface area contributed by atoms with Gasteiger partial charge >= 0.3 is 11.8 Å². The fourth-order valence-corrected chi connectivity index (χ4v) is 3.14. The first kappa shape index (κ1) is 19.6. The maximum atomic E-state index is 12.8. The molecule has 2 aromatic rings. The summed E-state index contributed by atoms with van der Waals surface area (Å²) in [5.41, 5.74) is 1.20. The number of carbonyl (C=O) groups excluding carboxylic acids is 3. The van der Waals surface area contributed by atoms with Crippen molar-refractivity contribution in [1.29, 1.82) is 0 Å². The second-order valence-electron chi connectivity index (χ2n) is 6.65. The Bertz CT molecular complexity index is 952. The maximum absolute atomic E-state index is 12.8. The Morgan fingerprint density at radius 1 is 1.10 bits per heavy atom. The molecule has 4 rings (SSSR count). The highest BCUT2D eigenvalue weighted by Crippen LogP contribution is 2.33. The quantitative estimate of drug-likeness (QED) is 0.666. The highest BCUT2D eigenvalue weighted by Gasteiger charge is 2.32. The Kier molecular flexibility index (Phi) is 5.75. The number of carbonyl (C=O) groups is 3. The molecular weight excluding hydrogens is 392 g/mol. The fraction of sp³-hybridized carbons (Fsp3) is 0.300. The monoisotopic (exact) mass is 412 g/mol. The lowest BCUT2D eigenvalue weighted by molar-refractivity contribution is -0.139. The van der Waals surface area contributed by atoms with Gasteiger partial charge < -0.3 is 29.7 Å². The smallest absolute Gasteiger partial charge is 0.309 e. The Hall–Kier alpha value is -3.66. The predicted molar refractivity (Wildman–Crippen MR) is 102 cm³/mol. The van der Waals surface area contributed by atoms with Crippen LogP contribution >= 0.6 is 0 Å². The van der Waals surface area contributed by atoms with E-state index in [9.17, 15) is 14.4 Å². The van der Waals surface area contributed by atoms with Gasteiger partial charge in [0.15, 0.2) is 11.5 Å². The van der Waals surface area contributed by atoms with Gasteiger partial charge in [-0.1, -0.05) is 6.07 Å². The molecular formula is C20H20N4O6. The van der Waals surface area contributed by atoms with Crippen molar-refractivity contribution in [2.45, 2.75) is 12.8 Å². The Morgan fingerprint density at radius 3 is 2.77 bits per heavy atom. The van der Waals surface area contributed by atoms with Crippen molar-refractivity contribution in [2.75, 3.05) is 26.5 Å². The van der Waals surface area contributed by atoms with E-state index in [0.29, 0.717) is 30.2 Å². The van der Waals surface area contributed by atoms with Crippen LogP contribution in [-0.2, 0) is 20.9 Å². The molecule has 0 radical (unpaired) electrons. The molecule has 0 unspecified atom stereocenters. The number of rotatable bonds is 5. The minimum absolute atomic E-state index is 0.00453. The molecule has 2 aliphatic heterocycles. The first-order valence-corrected chi connectivity index (χ1v) is 9.39. The zero-order chi connectivity index (χ0) is 20.9. The summed E-state index contributed by atoms with van der Waals surface area (Å²) in [5, 5.41) is 5.03. The number of aromatic nitrogens is 1. The minimum atomic E-state index is -0.801. The SMILES string of the molecule is O=C(NCc1cccnc1)C(=O)NC[C@@H]1OCCN1C(=O)c1ccc2c(c1)OCO2. The average molecular weight is 412 g/mol. The zero-order valence-corrected chi connectivity index (χ0v) is 16.0. The van der Waals surface area contributed by atoms with Gasteiger partial charge in [0, 0.05) is 31.0 Å². The van der Waals surface area contributed by atoms with E-state index in [2.05, 4.69) is 15.6 Å². The minimum Gasteiger partial charge on any atom is -0.454 e. The molecule has 30 heavy (non-hydrogen) atoms. The lowest BCUT2D eigenvalue weighted by Crippen LogP contribution is -2.47. The number of hydrogen-bond donors (Lipinski definition) is 2. The van der Waals surface area contributed by atoms with E-state index in [4.69, 9.17) is 14.2 Å². The molecule has 2 N–H and O–H groups in total. The van der Waals surface area contributed by atoms with Crippen LogP contribution in [0, 0.1) is 0 Å². The van der Waals surface area contributed by atoms with Crippen LogP contribution in [0.25, 0.3) is 0 Å². The molecule has 1 atom stereocenters. The van der Waals surface area contributed by atoms with Gasteiger partial charge in [0.05, 0.1) is 13.2 Å². The molecule has 10 heteroatoms. The maximum Gasteiger partial charge on any atom is 0.309 e. The Morgan fingerprint density at radius 2 is 1.93 bits per heavy atom. The summed E-state index contributed by atoms with van der Waals surface area (Å²) in [7, 11) is 0. The van der Waals surface area contributed by atoms with Crippen LogP contribution in [0.15, 0.2) is 42.7 Å². The highest BCUT2D eigenvalue weighted by atomic mass is 16.7. The molecule has 0 bridgehead atoms. The van der Waals surface area contributed by atoms with Crippen molar-refractivity contribution in [3.8, 4) is 11.5 Å². The molecule has 1 aromatic carbocycles. The van der Waals surface area contributed by atoms with Crippen LogP contribution in [0.3, 0.4) is 0 Å². The van der Waals surface area contributed by atoms with Gasteiger partial charge in [-0.2, -0.15) is 0 Å². The summed E-state index contributed by atoms with van der Waals surface area (Å²) in [5.74, 6) is -0.733. The largest absolute Gasteiger partial charge is 0.454 e. The summed E-state index contributed by atoms with van der Waals surface area (Å²) < 4.78 is 16.1. The van der Waals surface area contributed by atoms with E-state index in [1.165, 1.54) is 4.90 Å². The third-order valence-electron chi connectivity index (χ3n) is 4.69. The summed E-state index contributed by atoms with van der Waals surface area (Å²) in [6.45, 7) is 1.02. The average Bonchev–Trinajstić information content (AvgIpc) is 3.44. The van der Waals surface area contributed by atoms with Crippen LogP contribution in [0.4, 0.5) is 0 Å². The molecule has 156 valence electrons. The molecule has 0 spiro atoms. The molecule has 3 heterocycles. The van der Waals surface area contributed by atoms with E-state index < -0.39 is 18.0 Å². The Balaban J connectivity index is 1.30.